The first kappa shape index (κ1) is 20.2. The molecule has 0 atom stereocenters. The van der Waals surface area contributed by atoms with Crippen molar-refractivity contribution in [2.24, 2.45) is 10.7 Å². The van der Waals surface area contributed by atoms with Crippen LogP contribution < -0.4 is 5.73 Å². The van der Waals surface area contributed by atoms with Crippen molar-refractivity contribution in [2.75, 3.05) is 6.61 Å². The Morgan fingerprint density at radius 1 is 1.24 bits per heavy atom. The Balaban J connectivity index is 1.75. The van der Waals surface area contributed by atoms with Crippen LogP contribution in [0.1, 0.15) is 31.7 Å². The monoisotopic (exact) mass is 395 g/mol. The maximum atomic E-state index is 13.2. The Morgan fingerprint density at radius 2 is 2.00 bits per heavy atom. The highest BCUT2D eigenvalue weighted by molar-refractivity contribution is 6.07. The second-order valence-corrected chi connectivity index (χ2v) is 6.45. The molecule has 150 valence electrons. The molecule has 0 spiro atoms. The van der Waals surface area contributed by atoms with E-state index >= 15 is 0 Å². The lowest BCUT2D eigenvalue weighted by atomic mass is 10.1. The summed E-state index contributed by atoms with van der Waals surface area (Å²) in [6.45, 7) is 2.11. The van der Waals surface area contributed by atoms with Gasteiger partial charge in [0.1, 0.15) is 11.7 Å². The van der Waals surface area contributed by atoms with Crippen LogP contribution in [-0.4, -0.2) is 34.4 Å². The number of ether oxygens (including phenoxy) is 1. The van der Waals surface area contributed by atoms with E-state index in [-0.39, 0.29) is 29.9 Å². The van der Waals surface area contributed by atoms with Crippen molar-refractivity contribution in [3.8, 4) is 11.3 Å². The number of aliphatic imine (C=N–C) groups is 1. The number of aromatic amines is 1. The summed E-state index contributed by atoms with van der Waals surface area (Å²) in [5, 5.41) is 16.3. The Morgan fingerprint density at radius 3 is 2.72 bits per heavy atom. The van der Waals surface area contributed by atoms with E-state index in [2.05, 4.69) is 15.2 Å². The van der Waals surface area contributed by atoms with Gasteiger partial charge in [0.25, 0.3) is 0 Å². The molecule has 0 fully saturated rings. The van der Waals surface area contributed by atoms with Gasteiger partial charge >= 0.3 is 5.97 Å². The summed E-state index contributed by atoms with van der Waals surface area (Å²) in [5.41, 5.74) is 8.72. The Bertz CT molecular complexity index is 1060. The second-order valence-electron chi connectivity index (χ2n) is 6.45. The smallest absolute Gasteiger partial charge is 0.305 e. The van der Waals surface area contributed by atoms with Gasteiger partial charge in [0.15, 0.2) is 5.84 Å². The third-order valence-electron chi connectivity index (χ3n) is 4.33. The van der Waals surface area contributed by atoms with Crippen molar-refractivity contribution < 1.29 is 13.9 Å². The molecule has 3 aromatic rings. The van der Waals surface area contributed by atoms with Gasteiger partial charge in [0.05, 0.1) is 17.8 Å². The average Bonchev–Trinajstić information content (AvgIpc) is 3.12. The van der Waals surface area contributed by atoms with Gasteiger partial charge in [-0.2, -0.15) is 5.10 Å². The van der Waals surface area contributed by atoms with Crippen LogP contribution in [0.3, 0.4) is 0 Å². The number of amidine groups is 2. The lowest BCUT2D eigenvalue weighted by Gasteiger charge is -2.04. The number of fused-ring (bicyclic) bond motifs is 1. The molecule has 0 saturated heterocycles. The summed E-state index contributed by atoms with van der Waals surface area (Å²) in [6.07, 6.45) is 1.17. The first-order chi connectivity index (χ1) is 14.0. The zero-order chi connectivity index (χ0) is 20.8. The minimum absolute atomic E-state index is 0.0202. The molecule has 3 rings (SSSR count). The minimum Gasteiger partial charge on any atom is -0.466 e. The molecule has 0 saturated carbocycles. The van der Waals surface area contributed by atoms with Gasteiger partial charge in [-0.05, 0) is 55.8 Å². The molecule has 4 N–H and O–H groups in total. The molecule has 0 aliphatic carbocycles. The van der Waals surface area contributed by atoms with Crippen LogP contribution in [0.2, 0.25) is 0 Å². The van der Waals surface area contributed by atoms with E-state index < -0.39 is 0 Å². The standard InChI is InChI=1S/C21H22FN5O2/c1-2-29-19(28)5-3-4-18(23)25-21(24)14-8-11-17-16(12-14)20(27-26-17)13-6-9-15(22)10-7-13/h6-12H,2-5H2,1H3,(H,26,27)(H3,23,24,25). The lowest BCUT2D eigenvalue weighted by Crippen LogP contribution is -2.15. The number of H-pyrrole nitrogens is 1. The van der Waals surface area contributed by atoms with Crippen molar-refractivity contribution in [1.29, 1.82) is 5.41 Å². The third kappa shape index (κ3) is 5.04. The molecule has 1 aromatic heterocycles. The highest BCUT2D eigenvalue weighted by Gasteiger charge is 2.11. The van der Waals surface area contributed by atoms with E-state index in [4.69, 9.17) is 15.9 Å². The number of hydrogen-bond donors (Lipinski definition) is 3. The summed E-state index contributed by atoms with van der Waals surface area (Å²) < 4.78 is 18.1. The van der Waals surface area contributed by atoms with Crippen LogP contribution in [0.4, 0.5) is 4.39 Å². The van der Waals surface area contributed by atoms with Crippen LogP contribution in [0.25, 0.3) is 22.2 Å². The van der Waals surface area contributed by atoms with E-state index in [1.807, 2.05) is 6.07 Å². The molecule has 1 heterocycles. The summed E-state index contributed by atoms with van der Waals surface area (Å²) in [5.74, 6) is -0.282. The maximum absolute atomic E-state index is 13.2. The third-order valence-corrected chi connectivity index (χ3v) is 4.33. The van der Waals surface area contributed by atoms with Gasteiger partial charge in [-0.1, -0.05) is 0 Å². The number of benzene rings is 2. The fourth-order valence-corrected chi connectivity index (χ4v) is 2.90. The topological polar surface area (TPSA) is 117 Å². The molecule has 2 aromatic carbocycles. The van der Waals surface area contributed by atoms with E-state index in [9.17, 15) is 9.18 Å². The van der Waals surface area contributed by atoms with Crippen LogP contribution in [0, 0.1) is 11.2 Å². The Labute approximate surface area is 167 Å². The molecular formula is C21H22FN5O2. The molecule has 0 unspecified atom stereocenters. The van der Waals surface area contributed by atoms with Gasteiger partial charge in [-0.15, -0.1) is 0 Å². The predicted molar refractivity (Wildman–Crippen MR) is 110 cm³/mol. The number of hydrogen-bond acceptors (Lipinski definition) is 4. The highest BCUT2D eigenvalue weighted by Crippen LogP contribution is 2.27. The van der Waals surface area contributed by atoms with Crippen molar-refractivity contribution in [3.63, 3.8) is 0 Å². The van der Waals surface area contributed by atoms with Gasteiger partial charge in [0.2, 0.25) is 0 Å². The van der Waals surface area contributed by atoms with Crippen LogP contribution in [0.15, 0.2) is 47.5 Å². The quantitative estimate of drug-likeness (QED) is 0.320. The number of carbonyl (C=O) groups is 1. The number of nitrogens with zero attached hydrogens (tertiary/aromatic N) is 2. The summed E-state index contributed by atoms with van der Waals surface area (Å²) in [7, 11) is 0. The number of nitrogens with one attached hydrogen (secondary N) is 2. The fourth-order valence-electron chi connectivity index (χ4n) is 2.90. The van der Waals surface area contributed by atoms with E-state index in [1.54, 1.807) is 31.2 Å². The fraction of sp³-hybridized carbons (Fsp3) is 0.238. The molecule has 0 bridgehead atoms. The molecule has 8 heteroatoms. The summed E-state index contributed by atoms with van der Waals surface area (Å²) >= 11 is 0. The molecule has 0 radical (unpaired) electrons. The summed E-state index contributed by atoms with van der Waals surface area (Å²) in [4.78, 5) is 15.5. The first-order valence-electron chi connectivity index (χ1n) is 9.29. The molecule has 29 heavy (non-hydrogen) atoms. The number of nitrogens with two attached hydrogens (primary N) is 1. The van der Waals surface area contributed by atoms with Crippen molar-refractivity contribution in [1.82, 2.24) is 10.2 Å². The number of carbonyl (C=O) groups excluding carboxylic acids is 1. The van der Waals surface area contributed by atoms with Gasteiger partial charge in [-0.25, -0.2) is 9.38 Å². The number of halogens is 1. The van der Waals surface area contributed by atoms with Gasteiger partial charge < -0.3 is 10.5 Å². The van der Waals surface area contributed by atoms with Crippen LogP contribution in [0.5, 0.6) is 0 Å². The largest absolute Gasteiger partial charge is 0.466 e. The number of rotatable bonds is 7. The zero-order valence-corrected chi connectivity index (χ0v) is 16.0. The first-order valence-corrected chi connectivity index (χ1v) is 9.29. The van der Waals surface area contributed by atoms with E-state index in [0.717, 1.165) is 16.5 Å². The second kappa shape index (κ2) is 9.09. The van der Waals surface area contributed by atoms with Crippen molar-refractivity contribution in [2.45, 2.75) is 26.2 Å². The number of aromatic nitrogens is 2. The Kier molecular flexibility index (Phi) is 6.33. The SMILES string of the molecule is CCOC(=O)CCCC(N)=NC(=N)c1ccc2[nH]nc(-c3ccc(F)cc3)c2c1. The van der Waals surface area contributed by atoms with Gasteiger partial charge in [-0.3, -0.25) is 15.3 Å². The van der Waals surface area contributed by atoms with Crippen molar-refractivity contribution in [3.05, 3.63) is 53.8 Å². The number of esters is 1. The Hall–Kier alpha value is -3.55. The maximum Gasteiger partial charge on any atom is 0.305 e. The predicted octanol–water partition coefficient (Wildman–Crippen LogP) is 3.78. The lowest BCUT2D eigenvalue weighted by molar-refractivity contribution is -0.143. The zero-order valence-electron chi connectivity index (χ0n) is 16.0. The minimum atomic E-state index is -0.316. The van der Waals surface area contributed by atoms with Crippen LogP contribution in [-0.2, 0) is 9.53 Å². The van der Waals surface area contributed by atoms with E-state index in [0.29, 0.717) is 30.7 Å². The van der Waals surface area contributed by atoms with Crippen LogP contribution >= 0.6 is 0 Å². The molecular weight excluding hydrogens is 373 g/mol. The normalized spacial score (nSPS) is 11.6. The summed E-state index contributed by atoms with van der Waals surface area (Å²) in [6, 6.07) is 11.4. The van der Waals surface area contributed by atoms with Crippen molar-refractivity contribution >= 4 is 28.5 Å². The molecule has 0 aliphatic heterocycles. The van der Waals surface area contributed by atoms with Gasteiger partial charge in [0, 0.05) is 29.4 Å². The average molecular weight is 395 g/mol. The molecule has 0 amide bonds. The molecule has 0 aliphatic rings. The molecule has 7 nitrogen and oxygen atoms in total. The van der Waals surface area contributed by atoms with E-state index in [1.165, 1.54) is 12.1 Å². The highest BCUT2D eigenvalue weighted by atomic mass is 19.1.